The first-order valence-electron chi connectivity index (χ1n) is 9.35. The number of unbranched alkanes of at least 4 members (excludes halogenated alkanes) is 8. The standard InChI is InChI=1S/C21H32O3/c1-2-3-4-5-6-7-8-9-10-11-12-13-18-24-21(23)19-14-16-20(22)17-15-19/h6-7,14-17,22H,2-5,8-13,18H2,1H3/b7-6+. The van der Waals surface area contributed by atoms with E-state index >= 15 is 0 Å². The smallest absolute Gasteiger partial charge is 0.338 e. The molecule has 3 heteroatoms. The van der Waals surface area contributed by atoms with E-state index in [4.69, 9.17) is 4.74 Å². The molecule has 24 heavy (non-hydrogen) atoms. The summed E-state index contributed by atoms with van der Waals surface area (Å²) in [7, 11) is 0. The van der Waals surface area contributed by atoms with Crippen LogP contribution in [0.5, 0.6) is 5.75 Å². The zero-order chi connectivity index (χ0) is 17.5. The minimum Gasteiger partial charge on any atom is -0.508 e. The summed E-state index contributed by atoms with van der Waals surface area (Å²) in [6.45, 7) is 2.70. The SMILES string of the molecule is CCCCC/C=C/CCCCCCCOC(=O)c1ccc(O)cc1. The Morgan fingerprint density at radius 3 is 2.17 bits per heavy atom. The van der Waals surface area contributed by atoms with Gasteiger partial charge in [0.05, 0.1) is 12.2 Å². The van der Waals surface area contributed by atoms with E-state index in [1.807, 2.05) is 0 Å². The van der Waals surface area contributed by atoms with Gasteiger partial charge in [-0.1, -0.05) is 51.2 Å². The van der Waals surface area contributed by atoms with Crippen LogP contribution in [0.4, 0.5) is 0 Å². The van der Waals surface area contributed by atoms with Crippen LogP contribution in [0.25, 0.3) is 0 Å². The van der Waals surface area contributed by atoms with Crippen molar-refractivity contribution in [3.05, 3.63) is 42.0 Å². The van der Waals surface area contributed by atoms with E-state index in [1.54, 1.807) is 12.1 Å². The number of allylic oxidation sites excluding steroid dienone is 2. The molecule has 0 saturated heterocycles. The quantitative estimate of drug-likeness (QED) is 0.273. The molecule has 1 N–H and O–H groups in total. The number of carbonyl (C=O) groups excluding carboxylic acids is 1. The molecule has 1 aromatic carbocycles. The Labute approximate surface area is 146 Å². The summed E-state index contributed by atoms with van der Waals surface area (Å²) in [5, 5.41) is 9.18. The number of aromatic hydroxyl groups is 1. The number of hydrogen-bond acceptors (Lipinski definition) is 3. The maximum atomic E-state index is 11.7. The van der Waals surface area contributed by atoms with E-state index in [-0.39, 0.29) is 11.7 Å². The maximum absolute atomic E-state index is 11.7. The van der Waals surface area contributed by atoms with Gasteiger partial charge in [-0.3, -0.25) is 0 Å². The van der Waals surface area contributed by atoms with Crippen LogP contribution >= 0.6 is 0 Å². The maximum Gasteiger partial charge on any atom is 0.338 e. The Balaban J connectivity index is 1.92. The van der Waals surface area contributed by atoms with Crippen LogP contribution in [0.3, 0.4) is 0 Å². The number of carbonyl (C=O) groups is 1. The number of esters is 1. The predicted octanol–water partition coefficient (Wildman–Crippen LogP) is 6.03. The lowest BCUT2D eigenvalue weighted by Crippen LogP contribution is -2.06. The second-order valence-corrected chi connectivity index (χ2v) is 6.21. The van der Waals surface area contributed by atoms with E-state index in [0.717, 1.165) is 12.8 Å². The molecule has 0 aliphatic carbocycles. The summed E-state index contributed by atoms with van der Waals surface area (Å²) in [5.74, 6) is -0.162. The van der Waals surface area contributed by atoms with Gasteiger partial charge in [-0.05, 0) is 56.4 Å². The topological polar surface area (TPSA) is 46.5 Å². The lowest BCUT2D eigenvalue weighted by atomic mass is 10.1. The fourth-order valence-electron chi connectivity index (χ4n) is 2.49. The van der Waals surface area contributed by atoms with Gasteiger partial charge in [0.1, 0.15) is 5.75 Å². The molecule has 3 nitrogen and oxygen atoms in total. The molecule has 0 fully saturated rings. The third kappa shape index (κ3) is 10.1. The minimum atomic E-state index is -0.316. The summed E-state index contributed by atoms with van der Waals surface area (Å²) in [6, 6.07) is 6.14. The zero-order valence-corrected chi connectivity index (χ0v) is 15.0. The van der Waals surface area contributed by atoms with Gasteiger partial charge >= 0.3 is 5.97 Å². The first-order chi connectivity index (χ1) is 11.7. The molecule has 0 aliphatic rings. The van der Waals surface area contributed by atoms with Gasteiger partial charge in [0.2, 0.25) is 0 Å². The van der Waals surface area contributed by atoms with Gasteiger partial charge in [0.15, 0.2) is 0 Å². The molecular weight excluding hydrogens is 300 g/mol. The fraction of sp³-hybridized carbons (Fsp3) is 0.571. The molecule has 0 heterocycles. The summed E-state index contributed by atoms with van der Waals surface area (Å²) in [5.41, 5.74) is 0.485. The lowest BCUT2D eigenvalue weighted by Gasteiger charge is -2.05. The van der Waals surface area contributed by atoms with E-state index in [1.165, 1.54) is 63.5 Å². The van der Waals surface area contributed by atoms with Gasteiger partial charge in [-0.2, -0.15) is 0 Å². The fourth-order valence-corrected chi connectivity index (χ4v) is 2.49. The summed E-state index contributed by atoms with van der Waals surface area (Å²) in [4.78, 5) is 11.7. The van der Waals surface area contributed by atoms with Crippen molar-refractivity contribution in [1.29, 1.82) is 0 Å². The van der Waals surface area contributed by atoms with Crippen LogP contribution in [0.15, 0.2) is 36.4 Å². The molecule has 0 bridgehead atoms. The molecule has 0 amide bonds. The Hall–Kier alpha value is -1.77. The molecule has 0 spiro atoms. The number of ether oxygens (including phenoxy) is 1. The highest BCUT2D eigenvalue weighted by molar-refractivity contribution is 5.89. The van der Waals surface area contributed by atoms with Crippen LogP contribution in [0.1, 0.15) is 81.5 Å². The van der Waals surface area contributed by atoms with Crippen LogP contribution in [-0.4, -0.2) is 17.7 Å². The Morgan fingerprint density at radius 1 is 0.917 bits per heavy atom. The molecular formula is C21H32O3. The van der Waals surface area contributed by atoms with Crippen molar-refractivity contribution >= 4 is 5.97 Å². The number of rotatable bonds is 13. The average molecular weight is 332 g/mol. The summed E-state index contributed by atoms with van der Waals surface area (Å²) >= 11 is 0. The number of phenols is 1. The molecule has 0 radical (unpaired) electrons. The summed E-state index contributed by atoms with van der Waals surface area (Å²) < 4.78 is 5.23. The van der Waals surface area contributed by atoms with Crippen LogP contribution in [0.2, 0.25) is 0 Å². The van der Waals surface area contributed by atoms with E-state index in [0.29, 0.717) is 12.2 Å². The molecule has 0 aromatic heterocycles. The second-order valence-electron chi connectivity index (χ2n) is 6.21. The van der Waals surface area contributed by atoms with Crippen molar-refractivity contribution in [2.45, 2.75) is 71.1 Å². The normalized spacial score (nSPS) is 11.0. The van der Waals surface area contributed by atoms with Crippen LogP contribution in [-0.2, 0) is 4.74 Å². The highest BCUT2D eigenvalue weighted by Gasteiger charge is 2.06. The molecule has 0 unspecified atom stereocenters. The Bertz CT molecular complexity index is 462. The first-order valence-corrected chi connectivity index (χ1v) is 9.35. The number of phenolic OH excluding ortho intramolecular Hbond substituents is 1. The molecule has 134 valence electrons. The van der Waals surface area contributed by atoms with Crippen LogP contribution < -0.4 is 0 Å². The Morgan fingerprint density at radius 2 is 1.50 bits per heavy atom. The van der Waals surface area contributed by atoms with Crippen LogP contribution in [0, 0.1) is 0 Å². The lowest BCUT2D eigenvalue weighted by molar-refractivity contribution is 0.0497. The molecule has 1 rings (SSSR count). The third-order valence-electron chi connectivity index (χ3n) is 3.99. The van der Waals surface area contributed by atoms with E-state index < -0.39 is 0 Å². The van der Waals surface area contributed by atoms with Crippen molar-refractivity contribution in [2.24, 2.45) is 0 Å². The highest BCUT2D eigenvalue weighted by Crippen LogP contribution is 2.11. The van der Waals surface area contributed by atoms with Gasteiger partial charge in [0.25, 0.3) is 0 Å². The number of benzene rings is 1. The second kappa shape index (κ2) is 13.6. The number of hydrogen-bond donors (Lipinski definition) is 1. The van der Waals surface area contributed by atoms with Crippen molar-refractivity contribution in [3.8, 4) is 5.75 Å². The van der Waals surface area contributed by atoms with Gasteiger partial charge in [0, 0.05) is 0 Å². The van der Waals surface area contributed by atoms with Crippen molar-refractivity contribution in [3.63, 3.8) is 0 Å². The molecule has 0 saturated carbocycles. The van der Waals surface area contributed by atoms with Gasteiger partial charge in [-0.15, -0.1) is 0 Å². The van der Waals surface area contributed by atoms with Crippen molar-refractivity contribution in [1.82, 2.24) is 0 Å². The monoisotopic (exact) mass is 332 g/mol. The van der Waals surface area contributed by atoms with E-state index in [9.17, 15) is 9.90 Å². The van der Waals surface area contributed by atoms with Gasteiger partial charge in [-0.25, -0.2) is 4.79 Å². The molecule has 0 aliphatic heterocycles. The third-order valence-corrected chi connectivity index (χ3v) is 3.99. The molecule has 1 aromatic rings. The average Bonchev–Trinajstić information content (AvgIpc) is 2.59. The first kappa shape index (κ1) is 20.3. The van der Waals surface area contributed by atoms with Gasteiger partial charge < -0.3 is 9.84 Å². The van der Waals surface area contributed by atoms with Crippen molar-refractivity contribution in [2.75, 3.05) is 6.61 Å². The Kier molecular flexibility index (Phi) is 11.5. The predicted molar refractivity (Wildman–Crippen MR) is 99.4 cm³/mol. The highest BCUT2D eigenvalue weighted by atomic mass is 16.5. The summed E-state index contributed by atoms with van der Waals surface area (Å²) in [6.07, 6.45) is 16.7. The largest absolute Gasteiger partial charge is 0.508 e. The zero-order valence-electron chi connectivity index (χ0n) is 15.0. The van der Waals surface area contributed by atoms with Crippen molar-refractivity contribution < 1.29 is 14.6 Å². The van der Waals surface area contributed by atoms with E-state index in [2.05, 4.69) is 19.1 Å². The molecule has 0 atom stereocenters. The minimum absolute atomic E-state index is 0.155.